The number of hydrogen-bond donors (Lipinski definition) is 3. The molecule has 2 fully saturated rings. The van der Waals surface area contributed by atoms with Gasteiger partial charge in [0.25, 0.3) is 0 Å². The zero-order valence-corrected chi connectivity index (χ0v) is 35.4. The van der Waals surface area contributed by atoms with Crippen LogP contribution in [0.25, 0.3) is 0 Å². The third kappa shape index (κ3) is 17.1. The van der Waals surface area contributed by atoms with Crippen LogP contribution in [0.3, 0.4) is 0 Å². The number of alkyl carbamates (subject to hydrolysis) is 1. The quantitative estimate of drug-likeness (QED) is 0.121. The minimum Gasteiger partial charge on any atom is -0.460 e. The molecule has 1 aliphatic carbocycles. The second-order valence-electron chi connectivity index (χ2n) is 18.2. The van der Waals surface area contributed by atoms with E-state index < -0.39 is 107 Å². The van der Waals surface area contributed by atoms with Gasteiger partial charge in [-0.3, -0.25) is 33.6 Å². The number of hydrogen-bond acceptors (Lipinski definition) is 11. The van der Waals surface area contributed by atoms with E-state index in [2.05, 4.69) is 10.6 Å². The number of nitrogens with zero attached hydrogens (tertiary/aromatic N) is 1. The standard InChI is InChI=1S/C41H68N4O11/c1-11-15-26(35(50)30(46)19-20-32(48)43-28(36(42)51)18-21-33(49)55-40(5,6)7)22-31(47)29-23-27(54-39(2,3)4)24-45(29)37(52)34(25-16-13-12-14-17-25)44-38(53)56-41(8,9)10/h25-29,34H,11-24H2,1-10H3,(H2,42,51)(H,43,48)(H,44,53)/t26?,27-,28+,29+,34+/m1/s1. The molecule has 2 aliphatic rings. The minimum absolute atomic E-state index is 0.107. The third-order valence-corrected chi connectivity index (χ3v) is 9.54. The molecule has 0 spiro atoms. The molecule has 56 heavy (non-hydrogen) atoms. The number of rotatable bonds is 19. The molecule has 15 heteroatoms. The van der Waals surface area contributed by atoms with Gasteiger partial charge in [-0.25, -0.2) is 4.79 Å². The highest BCUT2D eigenvalue weighted by atomic mass is 16.6. The van der Waals surface area contributed by atoms with Gasteiger partial charge in [0.1, 0.15) is 23.3 Å². The molecular weight excluding hydrogens is 724 g/mol. The van der Waals surface area contributed by atoms with Gasteiger partial charge in [0.15, 0.2) is 11.6 Å². The summed E-state index contributed by atoms with van der Waals surface area (Å²) in [4.78, 5) is 107. The molecule has 1 saturated carbocycles. The number of nitrogens with one attached hydrogen (secondary N) is 2. The summed E-state index contributed by atoms with van der Waals surface area (Å²) in [5, 5.41) is 5.24. The van der Waals surface area contributed by atoms with Crippen LogP contribution in [0.15, 0.2) is 0 Å². The van der Waals surface area contributed by atoms with Gasteiger partial charge in [-0.05, 0) is 93.9 Å². The minimum atomic E-state index is -1.19. The molecule has 1 unspecified atom stereocenters. The van der Waals surface area contributed by atoms with Crippen molar-refractivity contribution >= 4 is 47.1 Å². The lowest BCUT2D eigenvalue weighted by Gasteiger charge is -2.35. The Hall–Kier alpha value is -3.88. The van der Waals surface area contributed by atoms with Crippen LogP contribution in [0.5, 0.6) is 0 Å². The van der Waals surface area contributed by atoms with E-state index in [0.717, 1.165) is 32.1 Å². The van der Waals surface area contributed by atoms with Gasteiger partial charge in [-0.2, -0.15) is 0 Å². The zero-order valence-electron chi connectivity index (χ0n) is 35.4. The molecule has 1 heterocycles. The summed E-state index contributed by atoms with van der Waals surface area (Å²) in [5.74, 6) is -5.74. The van der Waals surface area contributed by atoms with Gasteiger partial charge in [0.05, 0.1) is 17.7 Å². The summed E-state index contributed by atoms with van der Waals surface area (Å²) >= 11 is 0. The monoisotopic (exact) mass is 792 g/mol. The molecule has 2 rings (SSSR count). The fraction of sp³-hybridized carbons (Fsp3) is 0.805. The molecule has 4 amide bonds. The van der Waals surface area contributed by atoms with Gasteiger partial charge >= 0.3 is 12.1 Å². The van der Waals surface area contributed by atoms with Gasteiger partial charge in [-0.1, -0.05) is 32.6 Å². The molecule has 15 nitrogen and oxygen atoms in total. The number of nitrogens with two attached hydrogens (primary N) is 1. The second kappa shape index (κ2) is 21.0. The molecule has 1 saturated heterocycles. The highest BCUT2D eigenvalue weighted by Gasteiger charge is 2.46. The Balaban J connectivity index is 2.20. The average molecular weight is 793 g/mol. The Kier molecular flexibility index (Phi) is 18.1. The number of ether oxygens (including phenoxy) is 3. The highest BCUT2D eigenvalue weighted by molar-refractivity contribution is 6.38. The van der Waals surface area contributed by atoms with Gasteiger partial charge in [0, 0.05) is 44.6 Å². The van der Waals surface area contributed by atoms with Gasteiger partial charge in [-0.15, -0.1) is 0 Å². The first-order chi connectivity index (χ1) is 25.8. The summed E-state index contributed by atoms with van der Waals surface area (Å²) in [6, 6.07) is -3.08. The first kappa shape index (κ1) is 48.3. The molecule has 318 valence electrons. The molecule has 0 aromatic carbocycles. The molecular formula is C41H68N4O11. The SMILES string of the molecule is CCCC(CC(=O)[C@@H]1C[C@@H](OC(C)(C)C)CN1C(=O)[C@@H](NC(=O)OC(C)(C)C)C1CCCCC1)C(=O)C(=O)CCC(=O)N[C@@H](CCC(=O)OC(C)(C)C)C(N)=O. The molecule has 1 aliphatic heterocycles. The van der Waals surface area contributed by atoms with E-state index in [4.69, 9.17) is 19.9 Å². The maximum atomic E-state index is 14.5. The maximum absolute atomic E-state index is 14.5. The lowest BCUT2D eigenvalue weighted by atomic mass is 9.83. The maximum Gasteiger partial charge on any atom is 0.408 e. The van der Waals surface area contributed by atoms with Crippen molar-refractivity contribution in [3.05, 3.63) is 0 Å². The first-order valence-electron chi connectivity index (χ1n) is 20.2. The summed E-state index contributed by atoms with van der Waals surface area (Å²) in [6.45, 7) is 17.9. The summed E-state index contributed by atoms with van der Waals surface area (Å²) in [6.07, 6.45) is 2.49. The van der Waals surface area contributed by atoms with E-state index >= 15 is 0 Å². The number of Topliss-reactive ketones (excluding diaryl/α,β-unsaturated/α-hetero) is 3. The van der Waals surface area contributed by atoms with E-state index in [1.165, 1.54) is 4.90 Å². The second-order valence-corrected chi connectivity index (χ2v) is 18.2. The van der Waals surface area contributed by atoms with Crippen LogP contribution in [0.1, 0.15) is 153 Å². The van der Waals surface area contributed by atoms with Crippen molar-refractivity contribution in [2.45, 2.75) is 194 Å². The van der Waals surface area contributed by atoms with Crippen LogP contribution in [-0.2, 0) is 47.8 Å². The van der Waals surface area contributed by atoms with Crippen LogP contribution in [-0.4, -0.2) is 99.6 Å². The predicted octanol–water partition coefficient (Wildman–Crippen LogP) is 4.63. The van der Waals surface area contributed by atoms with Crippen LogP contribution < -0.4 is 16.4 Å². The Morgan fingerprint density at radius 3 is 1.91 bits per heavy atom. The Morgan fingerprint density at radius 1 is 0.768 bits per heavy atom. The van der Waals surface area contributed by atoms with Crippen LogP contribution in [0, 0.1) is 11.8 Å². The molecule has 0 aromatic heterocycles. The molecule has 0 bridgehead atoms. The summed E-state index contributed by atoms with van der Waals surface area (Å²) in [7, 11) is 0. The lowest BCUT2D eigenvalue weighted by Crippen LogP contribution is -2.55. The number of primary amides is 1. The fourth-order valence-corrected chi connectivity index (χ4v) is 7.23. The fourth-order valence-electron chi connectivity index (χ4n) is 7.23. The van der Waals surface area contributed by atoms with Gasteiger partial charge < -0.3 is 35.5 Å². The number of carbonyl (C=O) groups is 8. The smallest absolute Gasteiger partial charge is 0.408 e. The highest BCUT2D eigenvalue weighted by Crippen LogP contribution is 2.32. The Labute approximate surface area is 332 Å². The van der Waals surface area contributed by atoms with Crippen molar-refractivity contribution < 1.29 is 52.6 Å². The van der Waals surface area contributed by atoms with E-state index in [1.807, 2.05) is 27.7 Å². The van der Waals surface area contributed by atoms with E-state index in [-0.39, 0.29) is 44.6 Å². The van der Waals surface area contributed by atoms with Crippen LogP contribution in [0.2, 0.25) is 0 Å². The van der Waals surface area contributed by atoms with E-state index in [1.54, 1.807) is 41.5 Å². The predicted molar refractivity (Wildman–Crippen MR) is 208 cm³/mol. The van der Waals surface area contributed by atoms with Crippen molar-refractivity contribution in [1.29, 1.82) is 0 Å². The topological polar surface area (TPSA) is 218 Å². The molecule has 0 aromatic rings. The Morgan fingerprint density at radius 2 is 1.38 bits per heavy atom. The van der Waals surface area contributed by atoms with Crippen LogP contribution >= 0.6 is 0 Å². The number of esters is 1. The zero-order chi connectivity index (χ0) is 42.6. The van der Waals surface area contributed by atoms with Crippen molar-refractivity contribution in [2.75, 3.05) is 6.54 Å². The van der Waals surface area contributed by atoms with Crippen molar-refractivity contribution in [3.63, 3.8) is 0 Å². The number of amides is 4. The normalized spacial score (nSPS) is 19.6. The van der Waals surface area contributed by atoms with E-state index in [9.17, 15) is 38.4 Å². The largest absolute Gasteiger partial charge is 0.460 e. The van der Waals surface area contributed by atoms with Crippen LogP contribution in [0.4, 0.5) is 4.79 Å². The van der Waals surface area contributed by atoms with Crippen molar-refractivity contribution in [1.82, 2.24) is 15.5 Å². The summed E-state index contributed by atoms with van der Waals surface area (Å²) in [5.41, 5.74) is 3.32. The molecule has 0 radical (unpaired) electrons. The number of likely N-dealkylation sites (tertiary alicyclic amines) is 1. The number of ketones is 3. The van der Waals surface area contributed by atoms with Crippen molar-refractivity contribution in [2.24, 2.45) is 17.6 Å². The molecule has 5 atom stereocenters. The molecule has 4 N–H and O–H groups in total. The summed E-state index contributed by atoms with van der Waals surface area (Å²) < 4.78 is 17.0. The average Bonchev–Trinajstić information content (AvgIpc) is 3.48. The Bertz CT molecular complexity index is 1420. The first-order valence-corrected chi connectivity index (χ1v) is 20.2. The lowest BCUT2D eigenvalue weighted by molar-refractivity contribution is -0.155. The third-order valence-electron chi connectivity index (χ3n) is 9.54. The van der Waals surface area contributed by atoms with E-state index in [0.29, 0.717) is 6.42 Å². The van der Waals surface area contributed by atoms with Gasteiger partial charge in [0.2, 0.25) is 23.5 Å². The number of carbonyl (C=O) groups excluding carboxylic acids is 8. The van der Waals surface area contributed by atoms with Crippen molar-refractivity contribution in [3.8, 4) is 0 Å².